The van der Waals surface area contributed by atoms with Crippen molar-refractivity contribution >= 4 is 5.96 Å². The van der Waals surface area contributed by atoms with Crippen molar-refractivity contribution in [2.45, 2.75) is 44.2 Å². The van der Waals surface area contributed by atoms with Crippen molar-refractivity contribution in [1.29, 1.82) is 0 Å². The number of guanidine groups is 1. The Morgan fingerprint density at radius 3 is 2.96 bits per heavy atom. The highest BCUT2D eigenvalue weighted by molar-refractivity contribution is 5.79. The summed E-state index contributed by atoms with van der Waals surface area (Å²) in [7, 11) is 1.76. The summed E-state index contributed by atoms with van der Waals surface area (Å²) in [5.74, 6) is 2.58. The summed E-state index contributed by atoms with van der Waals surface area (Å²) >= 11 is 0. The third-order valence-corrected chi connectivity index (χ3v) is 5.21. The molecule has 1 aromatic heterocycles. The van der Waals surface area contributed by atoms with Gasteiger partial charge in [0.1, 0.15) is 11.6 Å². The second-order valence-corrected chi connectivity index (χ2v) is 6.86. The quantitative estimate of drug-likeness (QED) is 0.642. The molecule has 1 aliphatic carbocycles. The third-order valence-electron chi connectivity index (χ3n) is 5.21. The van der Waals surface area contributed by atoms with Crippen molar-refractivity contribution in [3.63, 3.8) is 0 Å². The number of nitrogens with one attached hydrogen (secondary N) is 2. The highest BCUT2D eigenvalue weighted by atomic mass is 19.1. The molecule has 0 spiro atoms. The largest absolute Gasteiger partial charge is 0.356 e. The van der Waals surface area contributed by atoms with Crippen LogP contribution in [0.4, 0.5) is 4.39 Å². The SMILES string of the molecule is CN=C(NCc1nnc2n1CCC2)NCC1(c2cccc(F)c2)CC1. The first kappa shape index (κ1) is 16.1. The number of nitrogens with zero attached hydrogens (tertiary/aromatic N) is 4. The molecule has 2 aromatic rings. The zero-order valence-corrected chi connectivity index (χ0v) is 14.4. The van der Waals surface area contributed by atoms with Gasteiger partial charge in [0, 0.05) is 32.0 Å². The van der Waals surface area contributed by atoms with Gasteiger partial charge in [-0.3, -0.25) is 4.99 Å². The maximum atomic E-state index is 13.5. The van der Waals surface area contributed by atoms with Gasteiger partial charge >= 0.3 is 0 Å². The minimum atomic E-state index is -0.174. The number of fused-ring (bicyclic) bond motifs is 1. The fourth-order valence-electron chi connectivity index (χ4n) is 3.51. The Morgan fingerprint density at radius 2 is 2.20 bits per heavy atom. The molecule has 2 heterocycles. The Morgan fingerprint density at radius 1 is 1.32 bits per heavy atom. The summed E-state index contributed by atoms with van der Waals surface area (Å²) in [6, 6.07) is 6.92. The van der Waals surface area contributed by atoms with Crippen molar-refractivity contribution < 1.29 is 4.39 Å². The maximum absolute atomic E-state index is 13.5. The number of hydrogen-bond acceptors (Lipinski definition) is 3. The molecule has 1 fully saturated rings. The standard InChI is InChI=1S/C18H23FN6/c1-20-17(21-11-16-24-23-15-6-3-9-25(15)16)22-12-18(7-8-18)13-4-2-5-14(19)10-13/h2,4-5,10H,3,6-9,11-12H2,1H3,(H2,20,21,22). The normalized spacial score (nSPS) is 18.1. The fourth-order valence-corrected chi connectivity index (χ4v) is 3.51. The van der Waals surface area contributed by atoms with Gasteiger partial charge in [-0.15, -0.1) is 10.2 Å². The zero-order valence-electron chi connectivity index (χ0n) is 14.4. The molecule has 2 N–H and O–H groups in total. The number of aliphatic imine (C=N–C) groups is 1. The monoisotopic (exact) mass is 342 g/mol. The van der Waals surface area contributed by atoms with Crippen LogP contribution in [-0.4, -0.2) is 34.3 Å². The van der Waals surface area contributed by atoms with E-state index in [9.17, 15) is 4.39 Å². The second-order valence-electron chi connectivity index (χ2n) is 6.86. The molecule has 0 radical (unpaired) electrons. The van der Waals surface area contributed by atoms with Gasteiger partial charge in [-0.05, 0) is 37.0 Å². The van der Waals surface area contributed by atoms with E-state index in [4.69, 9.17) is 0 Å². The molecule has 0 atom stereocenters. The predicted molar refractivity (Wildman–Crippen MR) is 93.9 cm³/mol. The van der Waals surface area contributed by atoms with Crippen molar-refractivity contribution in [2.24, 2.45) is 4.99 Å². The Bertz CT molecular complexity index is 793. The van der Waals surface area contributed by atoms with Crippen LogP contribution in [0, 0.1) is 5.82 Å². The summed E-state index contributed by atoms with van der Waals surface area (Å²) < 4.78 is 15.7. The fraction of sp³-hybridized carbons (Fsp3) is 0.500. The summed E-state index contributed by atoms with van der Waals surface area (Å²) in [4.78, 5) is 4.29. The molecule has 1 saturated carbocycles. The van der Waals surface area contributed by atoms with Crippen LogP contribution in [0.3, 0.4) is 0 Å². The highest BCUT2D eigenvalue weighted by Gasteiger charge is 2.44. The van der Waals surface area contributed by atoms with Gasteiger partial charge in [0.05, 0.1) is 6.54 Å². The van der Waals surface area contributed by atoms with E-state index in [0.717, 1.165) is 61.9 Å². The lowest BCUT2D eigenvalue weighted by Crippen LogP contribution is -2.41. The van der Waals surface area contributed by atoms with E-state index in [-0.39, 0.29) is 11.2 Å². The minimum Gasteiger partial charge on any atom is -0.356 e. The topological polar surface area (TPSA) is 67.1 Å². The van der Waals surface area contributed by atoms with E-state index in [1.807, 2.05) is 6.07 Å². The smallest absolute Gasteiger partial charge is 0.191 e. The van der Waals surface area contributed by atoms with E-state index in [1.165, 1.54) is 6.07 Å². The first-order valence-electron chi connectivity index (χ1n) is 8.82. The number of rotatable bonds is 5. The molecular weight excluding hydrogens is 319 g/mol. The zero-order chi connectivity index (χ0) is 17.3. The van der Waals surface area contributed by atoms with Crippen LogP contribution >= 0.6 is 0 Å². The second kappa shape index (κ2) is 6.46. The molecule has 0 amide bonds. The van der Waals surface area contributed by atoms with Crippen LogP contribution < -0.4 is 10.6 Å². The number of hydrogen-bond donors (Lipinski definition) is 2. The van der Waals surface area contributed by atoms with Gasteiger partial charge in [0.15, 0.2) is 11.8 Å². The lowest BCUT2D eigenvalue weighted by molar-refractivity contribution is 0.605. The molecule has 7 heteroatoms. The van der Waals surface area contributed by atoms with Crippen LogP contribution in [0.25, 0.3) is 0 Å². The molecular formula is C18H23FN6. The average molecular weight is 342 g/mol. The summed E-state index contributed by atoms with van der Waals surface area (Å²) in [5, 5.41) is 15.2. The molecule has 0 unspecified atom stereocenters. The van der Waals surface area contributed by atoms with Gasteiger partial charge in [-0.2, -0.15) is 0 Å². The van der Waals surface area contributed by atoms with E-state index in [0.29, 0.717) is 6.54 Å². The third kappa shape index (κ3) is 3.23. The summed E-state index contributed by atoms with van der Waals surface area (Å²) in [6.07, 6.45) is 4.29. The Kier molecular flexibility index (Phi) is 4.15. The first-order valence-corrected chi connectivity index (χ1v) is 8.82. The highest BCUT2D eigenvalue weighted by Crippen LogP contribution is 2.47. The number of aromatic nitrogens is 3. The number of aryl methyl sites for hydroxylation is 1. The van der Waals surface area contributed by atoms with Crippen LogP contribution in [0.1, 0.15) is 36.5 Å². The van der Waals surface area contributed by atoms with Crippen LogP contribution in [0.15, 0.2) is 29.3 Å². The van der Waals surface area contributed by atoms with Gasteiger partial charge in [0.25, 0.3) is 0 Å². The van der Waals surface area contributed by atoms with E-state index in [2.05, 4.69) is 30.4 Å². The molecule has 6 nitrogen and oxygen atoms in total. The van der Waals surface area contributed by atoms with Gasteiger partial charge in [-0.1, -0.05) is 12.1 Å². The molecule has 0 saturated heterocycles. The lowest BCUT2D eigenvalue weighted by Gasteiger charge is -2.19. The van der Waals surface area contributed by atoms with E-state index in [1.54, 1.807) is 19.2 Å². The minimum absolute atomic E-state index is 0.0236. The predicted octanol–water partition coefficient (Wildman–Crippen LogP) is 1.76. The van der Waals surface area contributed by atoms with Crippen LogP contribution in [0.2, 0.25) is 0 Å². The van der Waals surface area contributed by atoms with Crippen molar-refractivity contribution in [2.75, 3.05) is 13.6 Å². The van der Waals surface area contributed by atoms with Gasteiger partial charge < -0.3 is 15.2 Å². The Labute approximate surface area is 146 Å². The number of benzene rings is 1. The van der Waals surface area contributed by atoms with Gasteiger partial charge in [0.2, 0.25) is 0 Å². The average Bonchev–Trinajstić information content (AvgIpc) is 3.09. The lowest BCUT2D eigenvalue weighted by atomic mass is 9.96. The Hall–Kier alpha value is -2.44. The Balaban J connectivity index is 1.35. The number of halogens is 1. The van der Waals surface area contributed by atoms with Crippen LogP contribution in [-0.2, 0) is 24.9 Å². The first-order chi connectivity index (χ1) is 12.2. The molecule has 132 valence electrons. The summed E-state index contributed by atoms with van der Waals surface area (Å²) in [5.41, 5.74) is 1.08. The summed E-state index contributed by atoms with van der Waals surface area (Å²) in [6.45, 7) is 2.34. The van der Waals surface area contributed by atoms with Crippen molar-refractivity contribution in [3.05, 3.63) is 47.3 Å². The maximum Gasteiger partial charge on any atom is 0.191 e. The van der Waals surface area contributed by atoms with Crippen molar-refractivity contribution in [3.8, 4) is 0 Å². The molecule has 0 bridgehead atoms. The van der Waals surface area contributed by atoms with Gasteiger partial charge in [-0.25, -0.2) is 4.39 Å². The molecule has 25 heavy (non-hydrogen) atoms. The van der Waals surface area contributed by atoms with Crippen molar-refractivity contribution in [1.82, 2.24) is 25.4 Å². The van der Waals surface area contributed by atoms with E-state index >= 15 is 0 Å². The van der Waals surface area contributed by atoms with E-state index < -0.39 is 0 Å². The van der Waals surface area contributed by atoms with Crippen LogP contribution in [0.5, 0.6) is 0 Å². The molecule has 2 aliphatic rings. The molecule has 1 aliphatic heterocycles. The molecule has 1 aromatic carbocycles. The molecule has 4 rings (SSSR count).